The van der Waals surface area contributed by atoms with Gasteiger partial charge in [-0.25, -0.2) is 0 Å². The van der Waals surface area contributed by atoms with Crippen molar-refractivity contribution < 1.29 is 14.3 Å². The number of nitrogens with one attached hydrogen (secondary N) is 1. The molecule has 0 spiro atoms. The number of ether oxygens (including phenoxy) is 2. The van der Waals surface area contributed by atoms with E-state index < -0.39 is 0 Å². The topological polar surface area (TPSA) is 47.6 Å². The molecular formula is C21H25NO3. The minimum absolute atomic E-state index is 0.00101. The Morgan fingerprint density at radius 2 is 2.04 bits per heavy atom. The summed E-state index contributed by atoms with van der Waals surface area (Å²) >= 11 is 0. The van der Waals surface area contributed by atoms with E-state index in [-0.39, 0.29) is 12.0 Å². The molecule has 0 bridgehead atoms. The lowest BCUT2D eigenvalue weighted by molar-refractivity contribution is -0.120. The van der Waals surface area contributed by atoms with E-state index in [9.17, 15) is 4.79 Å². The molecule has 2 aromatic carbocycles. The molecule has 4 nitrogen and oxygen atoms in total. The van der Waals surface area contributed by atoms with Crippen LogP contribution < -0.4 is 14.8 Å². The van der Waals surface area contributed by atoms with Gasteiger partial charge in [-0.3, -0.25) is 4.79 Å². The van der Waals surface area contributed by atoms with Crippen molar-refractivity contribution >= 4 is 5.91 Å². The lowest BCUT2D eigenvalue weighted by Crippen LogP contribution is -2.24. The van der Waals surface area contributed by atoms with Gasteiger partial charge in [0.15, 0.2) is 0 Å². The van der Waals surface area contributed by atoms with Crippen LogP contribution in [0.25, 0.3) is 0 Å². The summed E-state index contributed by atoms with van der Waals surface area (Å²) in [4.78, 5) is 12.2. The largest absolute Gasteiger partial charge is 0.494 e. The van der Waals surface area contributed by atoms with Crippen LogP contribution in [0.5, 0.6) is 11.5 Å². The van der Waals surface area contributed by atoms with Crippen molar-refractivity contribution in [2.45, 2.75) is 46.3 Å². The van der Waals surface area contributed by atoms with Crippen molar-refractivity contribution in [2.24, 2.45) is 0 Å². The molecule has 0 aliphatic carbocycles. The van der Waals surface area contributed by atoms with Crippen LogP contribution in [0.2, 0.25) is 0 Å². The van der Waals surface area contributed by atoms with E-state index in [4.69, 9.17) is 9.47 Å². The Kier molecular flexibility index (Phi) is 5.27. The summed E-state index contributed by atoms with van der Waals surface area (Å²) in [6, 6.07) is 12.1. The highest BCUT2D eigenvalue weighted by atomic mass is 16.5. The number of hydrogen-bond acceptors (Lipinski definition) is 3. The normalized spacial score (nSPS) is 15.4. The molecule has 1 unspecified atom stereocenters. The Morgan fingerprint density at radius 1 is 1.28 bits per heavy atom. The van der Waals surface area contributed by atoms with E-state index in [1.165, 1.54) is 11.1 Å². The Hall–Kier alpha value is -2.49. The fraction of sp³-hybridized carbons (Fsp3) is 0.381. The number of hydrogen-bond donors (Lipinski definition) is 1. The van der Waals surface area contributed by atoms with Crippen LogP contribution in [0.15, 0.2) is 36.4 Å². The summed E-state index contributed by atoms with van der Waals surface area (Å²) in [5, 5.41) is 2.99. The van der Waals surface area contributed by atoms with Gasteiger partial charge in [-0.05, 0) is 38.5 Å². The van der Waals surface area contributed by atoms with E-state index in [1.54, 1.807) is 0 Å². The molecule has 25 heavy (non-hydrogen) atoms. The maximum absolute atomic E-state index is 12.2. The van der Waals surface area contributed by atoms with Crippen LogP contribution in [-0.4, -0.2) is 18.6 Å². The minimum Gasteiger partial charge on any atom is -0.494 e. The third-order valence-electron chi connectivity index (χ3n) is 4.34. The average Bonchev–Trinajstić information content (AvgIpc) is 2.94. The lowest BCUT2D eigenvalue weighted by atomic mass is 10.1. The predicted molar refractivity (Wildman–Crippen MR) is 98.1 cm³/mol. The third-order valence-corrected chi connectivity index (χ3v) is 4.34. The van der Waals surface area contributed by atoms with Gasteiger partial charge < -0.3 is 14.8 Å². The van der Waals surface area contributed by atoms with Crippen molar-refractivity contribution in [2.75, 3.05) is 6.61 Å². The van der Waals surface area contributed by atoms with E-state index in [1.807, 2.05) is 50.2 Å². The van der Waals surface area contributed by atoms with Crippen molar-refractivity contribution in [3.63, 3.8) is 0 Å². The number of aryl methyl sites for hydroxylation is 1. The highest BCUT2D eigenvalue weighted by molar-refractivity contribution is 5.78. The molecule has 0 aromatic heterocycles. The second-order valence-corrected chi connectivity index (χ2v) is 6.57. The maximum atomic E-state index is 12.2. The van der Waals surface area contributed by atoms with Crippen LogP contribution in [0.1, 0.15) is 36.1 Å². The van der Waals surface area contributed by atoms with Gasteiger partial charge in [-0.1, -0.05) is 29.8 Å². The summed E-state index contributed by atoms with van der Waals surface area (Å²) in [6.07, 6.45) is 1.47. The Morgan fingerprint density at radius 3 is 2.76 bits per heavy atom. The molecule has 3 rings (SSSR count). The first-order chi connectivity index (χ1) is 12.0. The van der Waals surface area contributed by atoms with E-state index in [0.29, 0.717) is 19.6 Å². The van der Waals surface area contributed by atoms with Crippen LogP contribution in [0.3, 0.4) is 0 Å². The second-order valence-electron chi connectivity index (χ2n) is 6.57. The van der Waals surface area contributed by atoms with Gasteiger partial charge in [0.05, 0.1) is 13.0 Å². The number of amides is 1. The zero-order chi connectivity index (χ0) is 17.8. The molecule has 0 saturated heterocycles. The van der Waals surface area contributed by atoms with Gasteiger partial charge in [-0.2, -0.15) is 0 Å². The van der Waals surface area contributed by atoms with Gasteiger partial charge in [0.1, 0.15) is 17.6 Å². The molecule has 132 valence electrons. The molecule has 1 heterocycles. The smallest absolute Gasteiger partial charge is 0.224 e. The van der Waals surface area contributed by atoms with Crippen LogP contribution in [0, 0.1) is 6.92 Å². The summed E-state index contributed by atoms with van der Waals surface area (Å²) in [5.41, 5.74) is 4.33. The molecule has 0 radical (unpaired) electrons. The van der Waals surface area contributed by atoms with Crippen molar-refractivity contribution in [3.8, 4) is 11.5 Å². The summed E-state index contributed by atoms with van der Waals surface area (Å²) in [5.74, 6) is 1.73. The van der Waals surface area contributed by atoms with Crippen molar-refractivity contribution in [1.82, 2.24) is 5.32 Å². The van der Waals surface area contributed by atoms with Gasteiger partial charge in [0.2, 0.25) is 5.91 Å². The fourth-order valence-electron chi connectivity index (χ4n) is 3.06. The number of rotatable bonds is 6. The highest BCUT2D eigenvalue weighted by Gasteiger charge is 2.22. The second kappa shape index (κ2) is 7.60. The Bertz CT molecular complexity index is 752. The Balaban J connectivity index is 1.66. The standard InChI is InChI=1S/C21H25NO3/c1-4-24-19-11-17-9-15(3)25-20(17)12-18(19)13-22-21(23)10-16-7-5-14(2)6-8-16/h5-8,11-12,15H,4,9-10,13H2,1-3H3,(H,22,23). The molecule has 1 amide bonds. The van der Waals surface area contributed by atoms with Crippen LogP contribution in [-0.2, 0) is 24.2 Å². The van der Waals surface area contributed by atoms with Crippen molar-refractivity contribution in [1.29, 1.82) is 0 Å². The van der Waals surface area contributed by atoms with Crippen LogP contribution in [0.4, 0.5) is 0 Å². The van der Waals surface area contributed by atoms with Gasteiger partial charge in [0.25, 0.3) is 0 Å². The monoisotopic (exact) mass is 339 g/mol. The lowest BCUT2D eigenvalue weighted by Gasteiger charge is -2.13. The number of benzene rings is 2. The number of carbonyl (C=O) groups is 1. The highest BCUT2D eigenvalue weighted by Crippen LogP contribution is 2.35. The molecule has 0 fully saturated rings. The van der Waals surface area contributed by atoms with E-state index >= 15 is 0 Å². The van der Waals surface area contributed by atoms with E-state index in [2.05, 4.69) is 12.2 Å². The van der Waals surface area contributed by atoms with Crippen LogP contribution >= 0.6 is 0 Å². The minimum atomic E-state index is 0.00101. The molecule has 4 heteroatoms. The quantitative estimate of drug-likeness (QED) is 0.875. The number of carbonyl (C=O) groups excluding carboxylic acids is 1. The first kappa shape index (κ1) is 17.3. The molecule has 1 atom stereocenters. The summed E-state index contributed by atoms with van der Waals surface area (Å²) < 4.78 is 11.6. The van der Waals surface area contributed by atoms with Crippen molar-refractivity contribution in [3.05, 3.63) is 58.7 Å². The zero-order valence-electron chi connectivity index (χ0n) is 15.1. The molecule has 0 saturated carbocycles. The first-order valence-electron chi connectivity index (χ1n) is 8.82. The predicted octanol–water partition coefficient (Wildman–Crippen LogP) is 3.58. The fourth-order valence-corrected chi connectivity index (χ4v) is 3.06. The number of fused-ring (bicyclic) bond motifs is 1. The zero-order valence-corrected chi connectivity index (χ0v) is 15.1. The first-order valence-corrected chi connectivity index (χ1v) is 8.82. The summed E-state index contributed by atoms with van der Waals surface area (Å²) in [6.45, 7) is 7.09. The van der Waals surface area contributed by atoms with Gasteiger partial charge in [-0.15, -0.1) is 0 Å². The molecule has 1 aliphatic rings. The maximum Gasteiger partial charge on any atom is 0.224 e. The molecule has 1 aliphatic heterocycles. The van der Waals surface area contributed by atoms with Gasteiger partial charge in [0, 0.05) is 24.1 Å². The summed E-state index contributed by atoms with van der Waals surface area (Å²) in [7, 11) is 0. The SMILES string of the molecule is CCOc1cc2c(cc1CNC(=O)Cc1ccc(C)cc1)OC(C)C2. The molecule has 1 N–H and O–H groups in total. The average molecular weight is 339 g/mol. The third kappa shape index (κ3) is 4.32. The van der Waals surface area contributed by atoms with Gasteiger partial charge >= 0.3 is 0 Å². The van der Waals surface area contributed by atoms with E-state index in [0.717, 1.165) is 29.0 Å². The Labute approximate surface area is 149 Å². The molecule has 2 aromatic rings. The molecular weight excluding hydrogens is 314 g/mol.